The van der Waals surface area contributed by atoms with Crippen molar-refractivity contribution in [3.8, 4) is 0 Å². The van der Waals surface area contributed by atoms with E-state index in [1.54, 1.807) is 18.2 Å². The summed E-state index contributed by atoms with van der Waals surface area (Å²) in [6.07, 6.45) is 0. The van der Waals surface area contributed by atoms with Gasteiger partial charge in [0.2, 0.25) is 15.9 Å². The molecule has 8 heteroatoms. The molecule has 3 rings (SSSR count). The largest absolute Gasteiger partial charge is 0.325 e. The van der Waals surface area contributed by atoms with E-state index in [0.717, 1.165) is 29.5 Å². The van der Waals surface area contributed by atoms with E-state index >= 15 is 0 Å². The molecule has 0 bridgehead atoms. The number of hydrogen-bond donors (Lipinski definition) is 1. The number of hydrogen-bond acceptors (Lipinski definition) is 5. The Morgan fingerprint density at radius 2 is 1.83 bits per heavy atom. The lowest BCUT2D eigenvalue weighted by molar-refractivity contribution is -0.116. The number of amides is 1. The number of carbonyl (C=O) groups excluding carboxylic acids is 1. The lowest BCUT2D eigenvalue weighted by atomic mass is 10.1. The molecule has 0 unspecified atom stereocenters. The summed E-state index contributed by atoms with van der Waals surface area (Å²) in [7, 11) is -2.28. The molecule has 0 atom stereocenters. The number of anilines is 1. The average molecular weight is 434 g/mol. The molecule has 0 radical (unpaired) electrons. The molecule has 1 amide bonds. The fourth-order valence-corrected chi connectivity index (χ4v) is 5.36. The number of benzene rings is 2. The maximum atomic E-state index is 12.6. The number of thioether (sulfide) groups is 1. The van der Waals surface area contributed by atoms with Gasteiger partial charge in [-0.25, -0.2) is 8.42 Å². The highest BCUT2D eigenvalue weighted by Gasteiger charge is 2.23. The zero-order chi connectivity index (χ0) is 20.9. The first kappa shape index (κ1) is 21.8. The van der Waals surface area contributed by atoms with E-state index in [9.17, 15) is 13.2 Å². The van der Waals surface area contributed by atoms with E-state index in [-0.39, 0.29) is 17.3 Å². The monoisotopic (exact) mass is 433 g/mol. The summed E-state index contributed by atoms with van der Waals surface area (Å²) >= 11 is 1.99. The van der Waals surface area contributed by atoms with E-state index < -0.39 is 10.0 Å². The van der Waals surface area contributed by atoms with Crippen molar-refractivity contribution < 1.29 is 13.2 Å². The minimum Gasteiger partial charge on any atom is -0.325 e. The van der Waals surface area contributed by atoms with Gasteiger partial charge in [-0.3, -0.25) is 9.69 Å². The molecule has 1 fully saturated rings. The second kappa shape index (κ2) is 9.75. The van der Waals surface area contributed by atoms with Crippen LogP contribution in [0.2, 0.25) is 0 Å². The van der Waals surface area contributed by atoms with Crippen LogP contribution in [0.4, 0.5) is 5.69 Å². The van der Waals surface area contributed by atoms with Gasteiger partial charge in [-0.05, 0) is 36.2 Å². The lowest BCUT2D eigenvalue weighted by Gasteiger charge is -2.26. The Kier molecular flexibility index (Phi) is 7.34. The zero-order valence-electron chi connectivity index (χ0n) is 16.8. The Morgan fingerprint density at radius 3 is 2.48 bits per heavy atom. The lowest BCUT2D eigenvalue weighted by Crippen LogP contribution is -2.35. The molecule has 1 saturated heterocycles. The molecule has 0 aliphatic carbocycles. The second-order valence-electron chi connectivity index (χ2n) is 7.16. The van der Waals surface area contributed by atoms with Crippen molar-refractivity contribution in [2.75, 3.05) is 43.5 Å². The highest BCUT2D eigenvalue weighted by atomic mass is 32.2. The van der Waals surface area contributed by atoms with Crippen LogP contribution in [0, 0.1) is 6.92 Å². The molecule has 0 spiro atoms. The molecular formula is C21H27N3O3S2. The number of carbonyl (C=O) groups is 1. The van der Waals surface area contributed by atoms with Gasteiger partial charge in [0.05, 0.1) is 11.4 Å². The normalized spacial score (nSPS) is 15.4. The first-order valence-corrected chi connectivity index (χ1v) is 12.2. The molecule has 1 aliphatic heterocycles. The van der Waals surface area contributed by atoms with E-state index in [2.05, 4.69) is 16.3 Å². The third kappa shape index (κ3) is 5.82. The van der Waals surface area contributed by atoms with Gasteiger partial charge in [-0.2, -0.15) is 16.1 Å². The number of rotatable bonds is 7. The minimum atomic E-state index is -3.69. The average Bonchev–Trinajstić information content (AvgIpc) is 2.71. The Bertz CT molecular complexity index is 943. The van der Waals surface area contributed by atoms with Crippen molar-refractivity contribution in [2.45, 2.75) is 18.4 Å². The van der Waals surface area contributed by atoms with Crippen molar-refractivity contribution in [3.05, 3.63) is 59.7 Å². The van der Waals surface area contributed by atoms with Crippen molar-refractivity contribution in [1.29, 1.82) is 0 Å². The Labute approximate surface area is 177 Å². The summed E-state index contributed by atoms with van der Waals surface area (Å²) in [5.41, 5.74) is 2.89. The third-order valence-corrected chi connectivity index (χ3v) is 7.65. The van der Waals surface area contributed by atoms with E-state index in [4.69, 9.17) is 0 Å². The quantitative estimate of drug-likeness (QED) is 0.727. The maximum absolute atomic E-state index is 12.6. The topological polar surface area (TPSA) is 69.7 Å². The van der Waals surface area contributed by atoms with Gasteiger partial charge in [0.25, 0.3) is 0 Å². The predicted molar refractivity (Wildman–Crippen MR) is 119 cm³/mol. The molecule has 2 aromatic rings. The van der Waals surface area contributed by atoms with Gasteiger partial charge < -0.3 is 5.32 Å². The van der Waals surface area contributed by atoms with Gasteiger partial charge >= 0.3 is 0 Å². The van der Waals surface area contributed by atoms with Crippen LogP contribution in [-0.4, -0.2) is 61.7 Å². The zero-order valence-corrected chi connectivity index (χ0v) is 18.4. The van der Waals surface area contributed by atoms with Crippen molar-refractivity contribution in [1.82, 2.24) is 9.21 Å². The van der Waals surface area contributed by atoms with E-state index in [1.807, 2.05) is 30.8 Å². The molecule has 1 heterocycles. The van der Waals surface area contributed by atoms with Crippen LogP contribution >= 0.6 is 11.8 Å². The summed E-state index contributed by atoms with van der Waals surface area (Å²) in [4.78, 5) is 15.0. The third-order valence-electron chi connectivity index (χ3n) is 4.89. The van der Waals surface area contributed by atoms with Crippen LogP contribution in [-0.2, 0) is 21.4 Å². The van der Waals surface area contributed by atoms with Crippen LogP contribution in [0.3, 0.4) is 0 Å². The van der Waals surface area contributed by atoms with Gasteiger partial charge in [-0.15, -0.1) is 0 Å². The van der Waals surface area contributed by atoms with Crippen LogP contribution in [0.5, 0.6) is 0 Å². The number of nitrogens with one attached hydrogen (secondary N) is 1. The molecule has 1 N–H and O–H groups in total. The molecular weight excluding hydrogens is 406 g/mol. The fourth-order valence-electron chi connectivity index (χ4n) is 3.23. The van der Waals surface area contributed by atoms with Crippen LogP contribution in [0.25, 0.3) is 0 Å². The number of nitrogens with zero attached hydrogens (tertiary/aromatic N) is 2. The van der Waals surface area contributed by atoms with Crippen molar-refractivity contribution in [2.24, 2.45) is 0 Å². The van der Waals surface area contributed by atoms with Crippen LogP contribution < -0.4 is 5.32 Å². The molecule has 156 valence electrons. The fraction of sp³-hybridized carbons (Fsp3) is 0.381. The van der Waals surface area contributed by atoms with Gasteiger partial charge in [0.1, 0.15) is 0 Å². The summed E-state index contributed by atoms with van der Waals surface area (Å²) in [6, 6.07) is 14.1. The van der Waals surface area contributed by atoms with Crippen molar-refractivity contribution >= 4 is 33.4 Å². The molecule has 0 aromatic heterocycles. The highest BCUT2D eigenvalue weighted by molar-refractivity contribution is 7.99. The van der Waals surface area contributed by atoms with E-state index in [1.165, 1.54) is 36.2 Å². The standard InChI is InChI=1S/C21H27N3O3S2/c1-17-14-18(15-24-10-12-28-13-11-24)8-9-20(17)22-21(25)16-23(2)29(26,27)19-6-4-3-5-7-19/h3-9,14H,10-13,15-16H2,1-2H3,(H,22,25). The van der Waals surface area contributed by atoms with Gasteiger partial charge in [0.15, 0.2) is 0 Å². The highest BCUT2D eigenvalue weighted by Crippen LogP contribution is 2.20. The second-order valence-corrected chi connectivity index (χ2v) is 10.4. The number of likely N-dealkylation sites (N-methyl/N-ethyl adjacent to an activating group) is 1. The summed E-state index contributed by atoms with van der Waals surface area (Å²) < 4.78 is 26.2. The SMILES string of the molecule is Cc1cc(CN2CCSCC2)ccc1NC(=O)CN(C)S(=O)(=O)c1ccccc1. The van der Waals surface area contributed by atoms with Crippen LogP contribution in [0.15, 0.2) is 53.4 Å². The van der Waals surface area contributed by atoms with Gasteiger partial charge in [0, 0.05) is 43.9 Å². The van der Waals surface area contributed by atoms with Crippen molar-refractivity contribution in [3.63, 3.8) is 0 Å². The molecule has 1 aliphatic rings. The molecule has 2 aromatic carbocycles. The molecule has 0 saturated carbocycles. The first-order chi connectivity index (χ1) is 13.9. The molecule has 6 nitrogen and oxygen atoms in total. The maximum Gasteiger partial charge on any atom is 0.243 e. The number of aryl methyl sites for hydroxylation is 1. The Morgan fingerprint density at radius 1 is 1.14 bits per heavy atom. The smallest absolute Gasteiger partial charge is 0.243 e. The molecule has 29 heavy (non-hydrogen) atoms. The minimum absolute atomic E-state index is 0.173. The Balaban J connectivity index is 1.60. The summed E-state index contributed by atoms with van der Waals surface area (Å²) in [5.74, 6) is 1.98. The number of sulfonamides is 1. The Hall–Kier alpha value is -1.87. The van der Waals surface area contributed by atoms with E-state index in [0.29, 0.717) is 5.69 Å². The van der Waals surface area contributed by atoms with Gasteiger partial charge in [-0.1, -0.05) is 30.3 Å². The summed E-state index contributed by atoms with van der Waals surface area (Å²) in [5, 5.41) is 2.83. The summed E-state index contributed by atoms with van der Waals surface area (Å²) in [6.45, 7) is 4.82. The van der Waals surface area contributed by atoms with Crippen LogP contribution in [0.1, 0.15) is 11.1 Å². The first-order valence-electron chi connectivity index (χ1n) is 9.57. The predicted octanol–water partition coefficient (Wildman–Crippen LogP) is 2.80.